The van der Waals surface area contributed by atoms with Crippen molar-refractivity contribution in [3.05, 3.63) is 35.9 Å². The smallest absolute Gasteiger partial charge is 0.194 e. The van der Waals surface area contributed by atoms with Crippen molar-refractivity contribution in [1.82, 2.24) is 15.1 Å². The summed E-state index contributed by atoms with van der Waals surface area (Å²) in [5.74, 6) is 1.05. The summed E-state index contributed by atoms with van der Waals surface area (Å²) >= 11 is 0. The molecular formula is C18H27IN4O. The fraction of sp³-hybridized carbons (Fsp3) is 0.611. The van der Waals surface area contributed by atoms with Crippen LogP contribution in [-0.2, 0) is 11.3 Å². The lowest BCUT2D eigenvalue weighted by Crippen LogP contribution is -2.50. The number of ether oxygens (including phenoxy) is 1. The van der Waals surface area contributed by atoms with Crippen LogP contribution in [-0.4, -0.2) is 67.2 Å². The molecule has 0 spiro atoms. The first-order chi connectivity index (χ1) is 11.3. The second kappa shape index (κ2) is 8.01. The topological polar surface area (TPSA) is 40.1 Å². The summed E-state index contributed by atoms with van der Waals surface area (Å²) in [7, 11) is 1.88. The van der Waals surface area contributed by atoms with Crippen molar-refractivity contribution in [2.45, 2.75) is 37.6 Å². The molecule has 3 aliphatic rings. The molecule has 1 N–H and O–H groups in total. The number of nitrogens with zero attached hydrogens (tertiary/aromatic N) is 3. The van der Waals surface area contributed by atoms with Gasteiger partial charge in [0, 0.05) is 39.3 Å². The van der Waals surface area contributed by atoms with Gasteiger partial charge in [0.2, 0.25) is 0 Å². The quantitative estimate of drug-likeness (QED) is 0.441. The number of nitrogens with one attached hydrogen (secondary N) is 1. The van der Waals surface area contributed by atoms with Crippen LogP contribution in [0, 0.1) is 0 Å². The second-order valence-electron chi connectivity index (χ2n) is 6.80. The lowest BCUT2D eigenvalue weighted by atomic mass is 10.1. The van der Waals surface area contributed by atoms with Crippen LogP contribution in [0.5, 0.6) is 0 Å². The van der Waals surface area contributed by atoms with Crippen molar-refractivity contribution in [3.63, 3.8) is 0 Å². The van der Waals surface area contributed by atoms with E-state index in [1.54, 1.807) is 0 Å². The van der Waals surface area contributed by atoms with Gasteiger partial charge in [-0.1, -0.05) is 30.3 Å². The lowest BCUT2D eigenvalue weighted by molar-refractivity contribution is -0.0502. The van der Waals surface area contributed by atoms with Crippen LogP contribution >= 0.6 is 24.0 Å². The molecule has 2 heterocycles. The highest BCUT2D eigenvalue weighted by Crippen LogP contribution is 2.26. The van der Waals surface area contributed by atoms with Gasteiger partial charge in [-0.25, -0.2) is 0 Å². The highest BCUT2D eigenvalue weighted by Gasteiger charge is 2.41. The minimum atomic E-state index is 0. The average molecular weight is 442 g/mol. The van der Waals surface area contributed by atoms with Crippen LogP contribution in [0.2, 0.25) is 0 Å². The van der Waals surface area contributed by atoms with Gasteiger partial charge in [-0.2, -0.15) is 0 Å². The van der Waals surface area contributed by atoms with Crippen molar-refractivity contribution in [2.75, 3.05) is 33.3 Å². The lowest BCUT2D eigenvalue weighted by Gasteiger charge is -2.36. The van der Waals surface area contributed by atoms with Gasteiger partial charge in [0.1, 0.15) is 0 Å². The first-order valence-corrected chi connectivity index (χ1v) is 8.71. The Morgan fingerprint density at radius 1 is 1.25 bits per heavy atom. The fourth-order valence-corrected chi connectivity index (χ4v) is 3.65. The number of fused-ring (bicyclic) bond motifs is 1. The fourth-order valence-electron chi connectivity index (χ4n) is 3.65. The molecule has 6 heteroatoms. The maximum absolute atomic E-state index is 6.05. The zero-order valence-corrected chi connectivity index (χ0v) is 16.6. The third-order valence-corrected chi connectivity index (χ3v) is 5.07. The standard InChI is InChI=1S/C18H26N4O.HI/c1-19-18(20-15-7-8-15)22-12-16-17(13-22)23-10-9-21(16)11-14-5-3-2-4-6-14;/h2-6,15-17H,7-13H2,1H3,(H,19,20);1H. The minimum absolute atomic E-state index is 0. The van der Waals surface area contributed by atoms with Crippen molar-refractivity contribution in [1.29, 1.82) is 0 Å². The number of hydrogen-bond donors (Lipinski definition) is 1. The summed E-state index contributed by atoms with van der Waals surface area (Å²) in [6, 6.07) is 11.8. The zero-order valence-electron chi connectivity index (χ0n) is 14.2. The molecule has 3 fully saturated rings. The van der Waals surface area contributed by atoms with Crippen molar-refractivity contribution in [3.8, 4) is 0 Å². The van der Waals surface area contributed by atoms with Crippen molar-refractivity contribution in [2.24, 2.45) is 4.99 Å². The van der Waals surface area contributed by atoms with Gasteiger partial charge < -0.3 is 15.0 Å². The van der Waals surface area contributed by atoms with Crippen LogP contribution < -0.4 is 5.32 Å². The van der Waals surface area contributed by atoms with Gasteiger partial charge in [-0.3, -0.25) is 9.89 Å². The van der Waals surface area contributed by atoms with Gasteiger partial charge in [-0.15, -0.1) is 24.0 Å². The largest absolute Gasteiger partial charge is 0.373 e. The Hall–Kier alpha value is -0.860. The Labute approximate surface area is 161 Å². The van der Waals surface area contributed by atoms with E-state index in [4.69, 9.17) is 4.74 Å². The van der Waals surface area contributed by atoms with Gasteiger partial charge in [-0.05, 0) is 18.4 Å². The molecule has 0 amide bonds. The summed E-state index contributed by atoms with van der Waals surface area (Å²) in [6.45, 7) is 4.80. The summed E-state index contributed by atoms with van der Waals surface area (Å²) in [5.41, 5.74) is 1.38. The van der Waals surface area contributed by atoms with E-state index in [1.165, 1.54) is 18.4 Å². The van der Waals surface area contributed by atoms with E-state index in [2.05, 4.69) is 50.4 Å². The summed E-state index contributed by atoms with van der Waals surface area (Å²) < 4.78 is 6.05. The second-order valence-corrected chi connectivity index (χ2v) is 6.80. The molecule has 2 saturated heterocycles. The van der Waals surface area contributed by atoms with E-state index in [9.17, 15) is 0 Å². The van der Waals surface area contributed by atoms with Gasteiger partial charge in [0.25, 0.3) is 0 Å². The molecule has 24 heavy (non-hydrogen) atoms. The molecule has 4 rings (SSSR count). The van der Waals surface area contributed by atoms with Gasteiger partial charge in [0.15, 0.2) is 5.96 Å². The molecule has 1 aromatic carbocycles. The Balaban J connectivity index is 0.00000169. The highest BCUT2D eigenvalue weighted by atomic mass is 127. The van der Waals surface area contributed by atoms with Crippen LogP contribution in [0.1, 0.15) is 18.4 Å². The Kier molecular flexibility index (Phi) is 5.99. The number of benzene rings is 1. The van der Waals surface area contributed by atoms with E-state index < -0.39 is 0 Å². The molecule has 2 atom stereocenters. The monoisotopic (exact) mass is 442 g/mol. The van der Waals surface area contributed by atoms with E-state index in [0.29, 0.717) is 18.2 Å². The molecular weight excluding hydrogens is 415 g/mol. The molecule has 2 unspecified atom stereocenters. The first kappa shape index (κ1) is 17.9. The summed E-state index contributed by atoms with van der Waals surface area (Å²) in [6.07, 6.45) is 2.84. The molecule has 2 aliphatic heterocycles. The number of aliphatic imine (C=N–C) groups is 1. The van der Waals surface area contributed by atoms with Crippen LogP contribution in [0.15, 0.2) is 35.3 Å². The maximum Gasteiger partial charge on any atom is 0.194 e. The predicted octanol–water partition coefficient (Wildman–Crippen LogP) is 1.93. The molecule has 1 saturated carbocycles. The number of rotatable bonds is 3. The summed E-state index contributed by atoms with van der Waals surface area (Å²) in [4.78, 5) is 9.42. The predicted molar refractivity (Wildman–Crippen MR) is 107 cm³/mol. The number of halogens is 1. The van der Waals surface area contributed by atoms with E-state index in [1.807, 2.05) is 7.05 Å². The van der Waals surface area contributed by atoms with E-state index in [0.717, 1.165) is 38.7 Å². The van der Waals surface area contributed by atoms with E-state index in [-0.39, 0.29) is 24.0 Å². The number of hydrogen-bond acceptors (Lipinski definition) is 3. The Morgan fingerprint density at radius 2 is 2.04 bits per heavy atom. The number of likely N-dealkylation sites (tertiary alicyclic amines) is 1. The third-order valence-electron chi connectivity index (χ3n) is 5.07. The van der Waals surface area contributed by atoms with E-state index >= 15 is 0 Å². The van der Waals surface area contributed by atoms with Crippen LogP contribution in [0.3, 0.4) is 0 Å². The molecule has 1 aliphatic carbocycles. The Bertz CT molecular complexity index is 563. The van der Waals surface area contributed by atoms with Crippen molar-refractivity contribution >= 4 is 29.9 Å². The molecule has 5 nitrogen and oxygen atoms in total. The molecule has 0 bridgehead atoms. The normalized spacial score (nSPS) is 27.5. The first-order valence-electron chi connectivity index (χ1n) is 8.71. The molecule has 0 radical (unpaired) electrons. The van der Waals surface area contributed by atoms with Gasteiger partial charge >= 0.3 is 0 Å². The molecule has 0 aromatic heterocycles. The number of guanidine groups is 1. The highest BCUT2D eigenvalue weighted by molar-refractivity contribution is 14.0. The molecule has 1 aromatic rings. The van der Waals surface area contributed by atoms with Crippen LogP contribution in [0.25, 0.3) is 0 Å². The van der Waals surface area contributed by atoms with Crippen molar-refractivity contribution < 1.29 is 4.74 Å². The number of morpholine rings is 1. The third kappa shape index (κ3) is 4.03. The minimum Gasteiger partial charge on any atom is -0.373 e. The maximum atomic E-state index is 6.05. The average Bonchev–Trinajstić information content (AvgIpc) is 3.30. The Morgan fingerprint density at radius 3 is 2.75 bits per heavy atom. The van der Waals surface area contributed by atoms with Crippen LogP contribution in [0.4, 0.5) is 0 Å². The zero-order chi connectivity index (χ0) is 15.6. The molecule has 132 valence electrons. The SMILES string of the molecule is CN=C(NC1CC1)N1CC2OCCN(Cc3ccccc3)C2C1.I. The van der Waals surface area contributed by atoms with Gasteiger partial charge in [0.05, 0.1) is 18.8 Å². The summed E-state index contributed by atoms with van der Waals surface area (Å²) in [5, 5.41) is 3.56.